The summed E-state index contributed by atoms with van der Waals surface area (Å²) >= 11 is 0. The van der Waals surface area contributed by atoms with E-state index in [1.165, 1.54) is 6.42 Å². The molecule has 0 radical (unpaired) electrons. The molecule has 2 rings (SSSR count). The van der Waals surface area contributed by atoms with Crippen molar-refractivity contribution >= 4 is 11.9 Å². The molecule has 0 saturated carbocycles. The molecule has 0 aliphatic carbocycles. The highest BCUT2D eigenvalue weighted by Gasteiger charge is 2.31. The average molecular weight is 280 g/mol. The van der Waals surface area contributed by atoms with E-state index < -0.39 is 0 Å². The normalized spacial score (nSPS) is 22.4. The highest BCUT2D eigenvalue weighted by atomic mass is 16.2. The monoisotopic (exact) mass is 280 g/mol. The first kappa shape index (κ1) is 15.1. The van der Waals surface area contributed by atoms with E-state index in [0.29, 0.717) is 5.41 Å². The van der Waals surface area contributed by atoms with Crippen LogP contribution in [-0.4, -0.2) is 60.9 Å². The van der Waals surface area contributed by atoms with Crippen molar-refractivity contribution in [2.24, 2.45) is 10.4 Å². The van der Waals surface area contributed by atoms with Gasteiger partial charge in [-0.05, 0) is 31.6 Å². The van der Waals surface area contributed by atoms with Crippen molar-refractivity contribution in [1.82, 2.24) is 15.1 Å². The summed E-state index contributed by atoms with van der Waals surface area (Å²) in [6.07, 6.45) is 3.45. The summed E-state index contributed by atoms with van der Waals surface area (Å²) in [5.41, 5.74) is 0.342. The second-order valence-corrected chi connectivity index (χ2v) is 6.59. The summed E-state index contributed by atoms with van der Waals surface area (Å²) < 4.78 is 0. The van der Waals surface area contributed by atoms with Crippen LogP contribution < -0.4 is 5.32 Å². The van der Waals surface area contributed by atoms with Gasteiger partial charge in [0.2, 0.25) is 5.91 Å². The topological polar surface area (TPSA) is 47.9 Å². The predicted molar refractivity (Wildman–Crippen MR) is 81.8 cm³/mol. The van der Waals surface area contributed by atoms with E-state index in [-0.39, 0.29) is 12.5 Å². The van der Waals surface area contributed by atoms with E-state index in [2.05, 4.69) is 36.0 Å². The molecule has 2 saturated heterocycles. The molecule has 0 atom stereocenters. The van der Waals surface area contributed by atoms with Crippen LogP contribution in [0, 0.1) is 5.41 Å². The number of hydrogen-bond acceptors (Lipinski definition) is 2. The lowest BCUT2D eigenvalue weighted by Gasteiger charge is -2.24. The zero-order chi connectivity index (χ0) is 14.6. The average Bonchev–Trinajstić information content (AvgIpc) is 3.03. The van der Waals surface area contributed by atoms with Crippen molar-refractivity contribution in [3.63, 3.8) is 0 Å². The van der Waals surface area contributed by atoms with Crippen molar-refractivity contribution in [3.05, 3.63) is 0 Å². The molecule has 0 aromatic carbocycles. The minimum absolute atomic E-state index is 0.163. The van der Waals surface area contributed by atoms with Crippen LogP contribution in [0.1, 0.15) is 40.0 Å². The van der Waals surface area contributed by atoms with Crippen molar-refractivity contribution in [2.75, 3.05) is 39.3 Å². The van der Waals surface area contributed by atoms with Crippen LogP contribution >= 0.6 is 0 Å². The first-order valence-electron chi connectivity index (χ1n) is 7.83. The molecule has 114 valence electrons. The Kier molecular flexibility index (Phi) is 4.89. The Labute approximate surface area is 122 Å². The molecule has 0 aromatic heterocycles. The maximum atomic E-state index is 12.1. The Morgan fingerprint density at radius 1 is 1.20 bits per heavy atom. The van der Waals surface area contributed by atoms with Gasteiger partial charge in [0, 0.05) is 32.7 Å². The number of likely N-dealkylation sites (tertiary alicyclic amines) is 2. The fraction of sp³-hybridized carbons (Fsp3) is 0.867. The maximum Gasteiger partial charge on any atom is 0.244 e. The lowest BCUT2D eigenvalue weighted by Crippen LogP contribution is -2.41. The maximum absolute atomic E-state index is 12.1. The Morgan fingerprint density at radius 3 is 2.45 bits per heavy atom. The van der Waals surface area contributed by atoms with Gasteiger partial charge >= 0.3 is 0 Å². The summed E-state index contributed by atoms with van der Waals surface area (Å²) in [6, 6.07) is 0. The molecule has 1 N–H and O–H groups in total. The first-order valence-corrected chi connectivity index (χ1v) is 7.83. The number of guanidine groups is 1. The van der Waals surface area contributed by atoms with E-state index in [9.17, 15) is 4.79 Å². The predicted octanol–water partition coefficient (Wildman–Crippen LogP) is 1.31. The van der Waals surface area contributed by atoms with Crippen LogP contribution in [0.3, 0.4) is 0 Å². The molecule has 1 amide bonds. The molecule has 0 spiro atoms. The summed E-state index contributed by atoms with van der Waals surface area (Å²) in [5, 5.41) is 3.31. The largest absolute Gasteiger partial charge is 0.357 e. The third kappa shape index (κ3) is 3.87. The summed E-state index contributed by atoms with van der Waals surface area (Å²) in [5.74, 6) is 1.06. The highest BCUT2D eigenvalue weighted by Crippen LogP contribution is 2.28. The van der Waals surface area contributed by atoms with Gasteiger partial charge in [0.25, 0.3) is 0 Å². The van der Waals surface area contributed by atoms with Crippen LogP contribution in [0.2, 0.25) is 0 Å². The molecule has 5 nitrogen and oxygen atoms in total. The molecule has 2 aliphatic heterocycles. The minimum Gasteiger partial charge on any atom is -0.357 e. The summed E-state index contributed by atoms with van der Waals surface area (Å²) in [7, 11) is 0. The number of amides is 1. The van der Waals surface area contributed by atoms with E-state index in [1.54, 1.807) is 0 Å². The van der Waals surface area contributed by atoms with Crippen LogP contribution in [0.4, 0.5) is 0 Å². The summed E-state index contributed by atoms with van der Waals surface area (Å²) in [6.45, 7) is 11.6. The minimum atomic E-state index is 0.163. The fourth-order valence-corrected chi connectivity index (χ4v) is 2.93. The third-order valence-electron chi connectivity index (χ3n) is 4.13. The number of aliphatic imine (C=N–C) groups is 1. The Balaban J connectivity index is 1.93. The van der Waals surface area contributed by atoms with Gasteiger partial charge in [-0.15, -0.1) is 0 Å². The smallest absolute Gasteiger partial charge is 0.244 e. The second-order valence-electron chi connectivity index (χ2n) is 6.59. The number of carbonyl (C=O) groups excluding carboxylic acids is 1. The third-order valence-corrected chi connectivity index (χ3v) is 4.13. The van der Waals surface area contributed by atoms with Gasteiger partial charge in [-0.1, -0.05) is 13.8 Å². The zero-order valence-corrected chi connectivity index (χ0v) is 13.1. The van der Waals surface area contributed by atoms with Crippen molar-refractivity contribution in [2.45, 2.75) is 40.0 Å². The molecule has 0 aromatic rings. The fourth-order valence-electron chi connectivity index (χ4n) is 2.93. The number of rotatable bonds is 3. The molecule has 2 aliphatic rings. The van der Waals surface area contributed by atoms with Crippen LogP contribution in [0.25, 0.3) is 0 Å². The number of carbonyl (C=O) groups is 1. The van der Waals surface area contributed by atoms with Gasteiger partial charge in [-0.3, -0.25) is 4.79 Å². The molecular formula is C15H28N4O. The van der Waals surface area contributed by atoms with Gasteiger partial charge in [0.15, 0.2) is 5.96 Å². The van der Waals surface area contributed by atoms with Gasteiger partial charge in [-0.2, -0.15) is 0 Å². The molecule has 20 heavy (non-hydrogen) atoms. The molecule has 0 unspecified atom stereocenters. The van der Waals surface area contributed by atoms with E-state index >= 15 is 0 Å². The molecular weight excluding hydrogens is 252 g/mol. The SMILES string of the molecule is CCNC(=NCC(=O)N1CCCC1)N1CCC(C)(C)C1. The van der Waals surface area contributed by atoms with Crippen LogP contribution in [0.15, 0.2) is 4.99 Å². The molecule has 5 heteroatoms. The lowest BCUT2D eigenvalue weighted by molar-refractivity contribution is -0.128. The quantitative estimate of drug-likeness (QED) is 0.626. The van der Waals surface area contributed by atoms with Crippen LogP contribution in [0.5, 0.6) is 0 Å². The Morgan fingerprint density at radius 2 is 1.90 bits per heavy atom. The number of hydrogen-bond donors (Lipinski definition) is 1. The van der Waals surface area contributed by atoms with Crippen molar-refractivity contribution in [3.8, 4) is 0 Å². The molecule has 2 heterocycles. The van der Waals surface area contributed by atoms with Gasteiger partial charge in [0.1, 0.15) is 6.54 Å². The summed E-state index contributed by atoms with van der Waals surface area (Å²) in [4.78, 5) is 20.8. The zero-order valence-electron chi connectivity index (χ0n) is 13.1. The standard InChI is InChI=1S/C15H28N4O/c1-4-16-14(19-10-7-15(2,3)12-19)17-11-13(20)18-8-5-6-9-18/h4-12H2,1-3H3,(H,16,17). The van der Waals surface area contributed by atoms with Gasteiger partial charge in [0.05, 0.1) is 0 Å². The second kappa shape index (κ2) is 6.46. The van der Waals surface area contributed by atoms with E-state index in [4.69, 9.17) is 0 Å². The Bertz CT molecular complexity index is 372. The highest BCUT2D eigenvalue weighted by molar-refractivity contribution is 5.85. The van der Waals surface area contributed by atoms with Crippen LogP contribution in [-0.2, 0) is 4.79 Å². The van der Waals surface area contributed by atoms with Gasteiger partial charge < -0.3 is 15.1 Å². The molecule has 2 fully saturated rings. The van der Waals surface area contributed by atoms with Crippen molar-refractivity contribution in [1.29, 1.82) is 0 Å². The van der Waals surface area contributed by atoms with Crippen molar-refractivity contribution < 1.29 is 4.79 Å². The molecule has 0 bridgehead atoms. The Hall–Kier alpha value is -1.26. The van der Waals surface area contributed by atoms with E-state index in [1.807, 2.05) is 4.90 Å². The number of nitrogens with zero attached hydrogens (tertiary/aromatic N) is 3. The van der Waals surface area contributed by atoms with E-state index in [0.717, 1.165) is 51.5 Å². The first-order chi connectivity index (χ1) is 9.52. The number of nitrogens with one attached hydrogen (secondary N) is 1. The van der Waals surface area contributed by atoms with Gasteiger partial charge in [-0.25, -0.2) is 4.99 Å². The lowest BCUT2D eigenvalue weighted by atomic mass is 9.93.